The molecule has 1 aromatic carbocycles. The van der Waals surface area contributed by atoms with E-state index < -0.39 is 23.3 Å². The number of hydrogen-bond donors (Lipinski definition) is 1. The minimum absolute atomic E-state index is 0.0537. The van der Waals surface area contributed by atoms with Crippen molar-refractivity contribution < 1.29 is 22.6 Å². The molecule has 1 N–H and O–H groups in total. The van der Waals surface area contributed by atoms with Crippen LogP contribution < -0.4 is 15.6 Å². The Kier molecular flexibility index (Phi) is 7.06. The van der Waals surface area contributed by atoms with E-state index in [2.05, 4.69) is 10.4 Å². The minimum atomic E-state index is -4.82. The standard InChI is InChI=1S/C19H24F3N3O3/c1-12(2)28-11-13(3)24-16-9-23-25(18(26)17(16)19(20,21)22)10-14-5-7-15(27-4)8-6-14/h5-9,12-13,24H,10-11H2,1-4H3/t13-/m0/s1. The predicted molar refractivity (Wildman–Crippen MR) is 99.8 cm³/mol. The fourth-order valence-corrected chi connectivity index (χ4v) is 2.53. The molecule has 0 spiro atoms. The van der Waals surface area contributed by atoms with Crippen LogP contribution in [0.15, 0.2) is 35.3 Å². The van der Waals surface area contributed by atoms with Gasteiger partial charge in [0.25, 0.3) is 5.56 Å². The first-order chi connectivity index (χ1) is 13.1. The Balaban J connectivity index is 2.31. The van der Waals surface area contributed by atoms with Crippen LogP contribution in [0.25, 0.3) is 0 Å². The summed E-state index contributed by atoms with van der Waals surface area (Å²) in [5.74, 6) is 0.609. The quantitative estimate of drug-likeness (QED) is 0.736. The number of rotatable bonds is 8. The van der Waals surface area contributed by atoms with E-state index in [0.717, 1.165) is 10.9 Å². The molecule has 0 fully saturated rings. The van der Waals surface area contributed by atoms with Gasteiger partial charge in [-0.15, -0.1) is 0 Å². The number of anilines is 1. The highest BCUT2D eigenvalue weighted by molar-refractivity contribution is 5.50. The van der Waals surface area contributed by atoms with Gasteiger partial charge in [-0.25, -0.2) is 4.68 Å². The molecule has 0 unspecified atom stereocenters. The van der Waals surface area contributed by atoms with Crippen LogP contribution in [0.3, 0.4) is 0 Å². The first-order valence-corrected chi connectivity index (χ1v) is 8.80. The Hall–Kier alpha value is -2.55. The van der Waals surface area contributed by atoms with E-state index in [1.54, 1.807) is 31.2 Å². The highest BCUT2D eigenvalue weighted by atomic mass is 19.4. The van der Waals surface area contributed by atoms with E-state index in [4.69, 9.17) is 9.47 Å². The Morgan fingerprint density at radius 3 is 2.36 bits per heavy atom. The zero-order valence-corrected chi connectivity index (χ0v) is 16.2. The molecule has 0 bridgehead atoms. The van der Waals surface area contributed by atoms with Crippen molar-refractivity contribution in [1.82, 2.24) is 9.78 Å². The van der Waals surface area contributed by atoms with Crippen molar-refractivity contribution in [1.29, 1.82) is 0 Å². The summed E-state index contributed by atoms with van der Waals surface area (Å²) in [6.07, 6.45) is -3.84. The van der Waals surface area contributed by atoms with Crippen LogP contribution in [0.4, 0.5) is 18.9 Å². The SMILES string of the molecule is COc1ccc(Cn2ncc(N[C@@H](C)COC(C)C)c(C(F)(F)F)c2=O)cc1. The number of hydrogen-bond acceptors (Lipinski definition) is 5. The van der Waals surface area contributed by atoms with Gasteiger partial charge in [-0.2, -0.15) is 18.3 Å². The van der Waals surface area contributed by atoms with Gasteiger partial charge in [0.2, 0.25) is 0 Å². The average molecular weight is 399 g/mol. The van der Waals surface area contributed by atoms with E-state index in [1.165, 1.54) is 7.11 Å². The van der Waals surface area contributed by atoms with Gasteiger partial charge >= 0.3 is 6.18 Å². The summed E-state index contributed by atoms with van der Waals surface area (Å²) in [5, 5.41) is 6.59. The number of methoxy groups -OCH3 is 1. The summed E-state index contributed by atoms with van der Waals surface area (Å²) in [4.78, 5) is 12.5. The molecule has 0 aliphatic rings. The van der Waals surface area contributed by atoms with Crippen LogP contribution in [0, 0.1) is 0 Å². The highest BCUT2D eigenvalue weighted by Crippen LogP contribution is 2.32. The lowest BCUT2D eigenvalue weighted by atomic mass is 10.2. The maximum absolute atomic E-state index is 13.6. The molecule has 2 aromatic rings. The molecule has 9 heteroatoms. The summed E-state index contributed by atoms with van der Waals surface area (Å²) in [5.41, 5.74) is -2.20. The Bertz CT molecular complexity index is 833. The fraction of sp³-hybridized carbons (Fsp3) is 0.474. The molecule has 0 saturated carbocycles. The molecule has 1 heterocycles. The number of nitrogens with one attached hydrogen (secondary N) is 1. The zero-order valence-electron chi connectivity index (χ0n) is 16.2. The van der Waals surface area contributed by atoms with Gasteiger partial charge in [0.05, 0.1) is 38.2 Å². The van der Waals surface area contributed by atoms with E-state index in [0.29, 0.717) is 11.3 Å². The highest BCUT2D eigenvalue weighted by Gasteiger charge is 2.38. The molecule has 0 aliphatic carbocycles. The summed E-state index contributed by atoms with van der Waals surface area (Å²) in [6, 6.07) is 6.23. The van der Waals surface area contributed by atoms with E-state index in [1.807, 2.05) is 13.8 Å². The fourth-order valence-electron chi connectivity index (χ4n) is 2.53. The molecule has 154 valence electrons. The number of alkyl halides is 3. The monoisotopic (exact) mass is 399 g/mol. The molecule has 0 aliphatic heterocycles. The topological polar surface area (TPSA) is 65.4 Å². The Morgan fingerprint density at radius 2 is 1.82 bits per heavy atom. The van der Waals surface area contributed by atoms with E-state index in [9.17, 15) is 18.0 Å². The lowest BCUT2D eigenvalue weighted by molar-refractivity contribution is -0.138. The molecule has 0 amide bonds. The van der Waals surface area contributed by atoms with Crippen LogP contribution in [0.5, 0.6) is 5.75 Å². The second kappa shape index (κ2) is 9.09. The molecule has 2 rings (SSSR count). The third-order valence-electron chi connectivity index (χ3n) is 3.90. The minimum Gasteiger partial charge on any atom is -0.497 e. The normalized spacial score (nSPS) is 12.9. The van der Waals surface area contributed by atoms with Crippen LogP contribution in [0.2, 0.25) is 0 Å². The molecule has 1 atom stereocenters. The Morgan fingerprint density at radius 1 is 1.18 bits per heavy atom. The van der Waals surface area contributed by atoms with Crippen LogP contribution in [-0.4, -0.2) is 35.6 Å². The van der Waals surface area contributed by atoms with Crippen molar-refractivity contribution in [2.24, 2.45) is 0 Å². The summed E-state index contributed by atoms with van der Waals surface area (Å²) in [6.45, 7) is 5.44. The summed E-state index contributed by atoms with van der Waals surface area (Å²) >= 11 is 0. The van der Waals surface area contributed by atoms with Crippen LogP contribution >= 0.6 is 0 Å². The molecule has 6 nitrogen and oxygen atoms in total. The van der Waals surface area contributed by atoms with Gasteiger partial charge in [-0.1, -0.05) is 12.1 Å². The van der Waals surface area contributed by atoms with Gasteiger partial charge in [-0.05, 0) is 38.5 Å². The van der Waals surface area contributed by atoms with Gasteiger partial charge in [0, 0.05) is 6.04 Å². The van der Waals surface area contributed by atoms with Gasteiger partial charge in [0.15, 0.2) is 0 Å². The van der Waals surface area contributed by atoms with Crippen molar-refractivity contribution in [3.63, 3.8) is 0 Å². The van der Waals surface area contributed by atoms with Crippen molar-refractivity contribution in [2.75, 3.05) is 19.0 Å². The average Bonchev–Trinajstić information content (AvgIpc) is 2.62. The smallest absolute Gasteiger partial charge is 0.423 e. The maximum Gasteiger partial charge on any atom is 0.423 e. The number of nitrogens with zero attached hydrogens (tertiary/aromatic N) is 2. The first-order valence-electron chi connectivity index (χ1n) is 8.80. The molecular formula is C19H24F3N3O3. The second-order valence-corrected chi connectivity index (χ2v) is 6.67. The Labute approximate surface area is 161 Å². The second-order valence-electron chi connectivity index (χ2n) is 6.67. The van der Waals surface area contributed by atoms with E-state index in [-0.39, 0.29) is 24.9 Å². The predicted octanol–water partition coefficient (Wildman–Crippen LogP) is 3.54. The zero-order chi connectivity index (χ0) is 20.9. The number of halogens is 3. The summed E-state index contributed by atoms with van der Waals surface area (Å²) < 4.78 is 51.9. The van der Waals surface area contributed by atoms with Crippen molar-refractivity contribution in [3.05, 3.63) is 51.9 Å². The third-order valence-corrected chi connectivity index (χ3v) is 3.90. The van der Waals surface area contributed by atoms with Crippen molar-refractivity contribution in [3.8, 4) is 5.75 Å². The van der Waals surface area contributed by atoms with Gasteiger partial charge < -0.3 is 14.8 Å². The van der Waals surface area contributed by atoms with Crippen molar-refractivity contribution in [2.45, 2.75) is 45.6 Å². The van der Waals surface area contributed by atoms with Gasteiger partial charge in [0.1, 0.15) is 11.3 Å². The van der Waals surface area contributed by atoms with Crippen LogP contribution in [0.1, 0.15) is 31.9 Å². The molecular weight excluding hydrogens is 375 g/mol. The van der Waals surface area contributed by atoms with Crippen molar-refractivity contribution >= 4 is 5.69 Å². The molecule has 0 saturated heterocycles. The molecule has 0 radical (unpaired) electrons. The van der Waals surface area contributed by atoms with Crippen LogP contribution in [-0.2, 0) is 17.5 Å². The molecule has 28 heavy (non-hydrogen) atoms. The summed E-state index contributed by atoms with van der Waals surface area (Å²) in [7, 11) is 1.51. The first kappa shape index (κ1) is 21.7. The molecule has 1 aromatic heterocycles. The van der Waals surface area contributed by atoms with Gasteiger partial charge in [-0.3, -0.25) is 4.79 Å². The van der Waals surface area contributed by atoms with E-state index >= 15 is 0 Å². The lowest BCUT2D eigenvalue weighted by Crippen LogP contribution is -2.34. The largest absolute Gasteiger partial charge is 0.497 e. The maximum atomic E-state index is 13.6. The number of aromatic nitrogens is 2. The number of benzene rings is 1. The number of ether oxygens (including phenoxy) is 2. The lowest BCUT2D eigenvalue weighted by Gasteiger charge is -2.20. The third kappa shape index (κ3) is 5.72.